The fourth-order valence-corrected chi connectivity index (χ4v) is 5.05. The number of imidazole rings is 1. The number of likely N-dealkylation sites (tertiary alicyclic amines) is 1. The molecule has 0 bridgehead atoms. The summed E-state index contributed by atoms with van der Waals surface area (Å²) in [5, 5.41) is 3.28. The summed E-state index contributed by atoms with van der Waals surface area (Å²) in [5.41, 5.74) is 1.84. The molecule has 4 heterocycles. The van der Waals surface area contributed by atoms with Crippen molar-refractivity contribution in [1.82, 2.24) is 29.7 Å². The number of nitrogens with one attached hydrogen (secondary N) is 2. The van der Waals surface area contributed by atoms with Crippen LogP contribution >= 0.6 is 0 Å². The Morgan fingerprint density at radius 2 is 1.85 bits per heavy atom. The molecule has 1 aromatic carbocycles. The van der Waals surface area contributed by atoms with Crippen molar-refractivity contribution in [3.8, 4) is 22.6 Å². The number of aromatic nitrogens is 4. The zero-order chi connectivity index (χ0) is 28.1. The number of anilines is 1. The highest BCUT2D eigenvalue weighted by molar-refractivity contribution is 5.83. The second-order valence-corrected chi connectivity index (χ2v) is 11.1. The molecule has 2 aliphatic heterocycles. The zero-order valence-corrected chi connectivity index (χ0v) is 23.5. The number of rotatable bonds is 9. The first-order chi connectivity index (χ1) is 19.3. The average molecular weight is 552 g/mol. The fourth-order valence-electron chi connectivity index (χ4n) is 5.05. The standard InChI is InChI=1S/C29H38FN7O3/c1-29(27(38)37-16-5-4-6-17-37)18-39-26(40-19-29)25-34-23(20-8-10-21(30)11-9-20)24(35-25)22-12-14-32-28(33-22)31-13-7-15-36(2)3/h8-12,14,26H,4-7,13,15-19H2,1-3H3,(H,34,35)(H,31,32,33). The second kappa shape index (κ2) is 12.4. The molecule has 10 nitrogen and oxygen atoms in total. The number of benzene rings is 1. The number of hydrogen-bond donors (Lipinski definition) is 2. The Hall–Kier alpha value is -3.41. The van der Waals surface area contributed by atoms with Crippen LogP contribution < -0.4 is 5.32 Å². The molecule has 5 rings (SSSR count). The van der Waals surface area contributed by atoms with Crippen LogP contribution in [0.4, 0.5) is 10.3 Å². The van der Waals surface area contributed by atoms with E-state index in [-0.39, 0.29) is 24.9 Å². The molecule has 40 heavy (non-hydrogen) atoms. The highest BCUT2D eigenvalue weighted by atomic mass is 19.1. The molecule has 0 radical (unpaired) electrons. The Bertz CT molecular complexity index is 1280. The highest BCUT2D eigenvalue weighted by Crippen LogP contribution is 2.36. The molecule has 214 valence electrons. The summed E-state index contributed by atoms with van der Waals surface area (Å²) in [5.74, 6) is 0.712. The van der Waals surface area contributed by atoms with Gasteiger partial charge in [0.2, 0.25) is 18.1 Å². The molecule has 1 amide bonds. The number of halogens is 1. The maximum absolute atomic E-state index is 13.7. The van der Waals surface area contributed by atoms with Crippen LogP contribution in [0, 0.1) is 11.2 Å². The number of hydrogen-bond acceptors (Lipinski definition) is 8. The van der Waals surface area contributed by atoms with E-state index in [0.29, 0.717) is 28.9 Å². The molecule has 0 saturated carbocycles. The number of H-pyrrole nitrogens is 1. The van der Waals surface area contributed by atoms with Crippen molar-refractivity contribution in [1.29, 1.82) is 0 Å². The van der Waals surface area contributed by atoms with Crippen molar-refractivity contribution in [3.63, 3.8) is 0 Å². The quantitative estimate of drug-likeness (QED) is 0.383. The summed E-state index contributed by atoms with van der Waals surface area (Å²) >= 11 is 0. The van der Waals surface area contributed by atoms with Gasteiger partial charge in [0.15, 0.2) is 5.82 Å². The topological polar surface area (TPSA) is 108 Å². The van der Waals surface area contributed by atoms with Crippen LogP contribution in [0.3, 0.4) is 0 Å². The van der Waals surface area contributed by atoms with Gasteiger partial charge >= 0.3 is 0 Å². The summed E-state index contributed by atoms with van der Waals surface area (Å²) in [6.45, 7) is 5.60. The minimum absolute atomic E-state index is 0.0735. The third-order valence-corrected chi connectivity index (χ3v) is 7.31. The first-order valence-corrected chi connectivity index (χ1v) is 13.9. The van der Waals surface area contributed by atoms with E-state index in [4.69, 9.17) is 19.4 Å². The van der Waals surface area contributed by atoms with Crippen LogP contribution in [-0.4, -0.2) is 89.1 Å². The van der Waals surface area contributed by atoms with Gasteiger partial charge in [-0.3, -0.25) is 4.79 Å². The van der Waals surface area contributed by atoms with E-state index in [0.717, 1.165) is 57.4 Å². The number of piperidine rings is 1. The summed E-state index contributed by atoms with van der Waals surface area (Å²) in [7, 11) is 4.08. The molecule has 0 unspecified atom stereocenters. The molecule has 2 aliphatic rings. The molecule has 2 N–H and O–H groups in total. The molecule has 2 aromatic heterocycles. The van der Waals surface area contributed by atoms with Crippen LogP contribution in [0.1, 0.15) is 44.7 Å². The van der Waals surface area contributed by atoms with Crippen molar-refractivity contribution < 1.29 is 18.7 Å². The molecule has 2 fully saturated rings. The fraction of sp³-hybridized carbons (Fsp3) is 0.517. The number of carbonyl (C=O) groups excluding carboxylic acids is 1. The van der Waals surface area contributed by atoms with Crippen molar-refractivity contribution in [2.24, 2.45) is 5.41 Å². The Morgan fingerprint density at radius 3 is 2.55 bits per heavy atom. The van der Waals surface area contributed by atoms with Gasteiger partial charge in [-0.25, -0.2) is 19.3 Å². The van der Waals surface area contributed by atoms with Gasteiger partial charge in [0, 0.05) is 31.4 Å². The lowest BCUT2D eigenvalue weighted by atomic mass is 9.89. The van der Waals surface area contributed by atoms with Gasteiger partial charge in [0.05, 0.1) is 35.7 Å². The lowest BCUT2D eigenvalue weighted by molar-refractivity contribution is -0.234. The van der Waals surface area contributed by atoms with Crippen molar-refractivity contribution in [2.75, 3.05) is 58.8 Å². The predicted molar refractivity (Wildman–Crippen MR) is 150 cm³/mol. The van der Waals surface area contributed by atoms with E-state index in [1.807, 2.05) is 25.9 Å². The first-order valence-electron chi connectivity index (χ1n) is 13.9. The van der Waals surface area contributed by atoms with Crippen molar-refractivity contribution in [2.45, 2.75) is 38.9 Å². The zero-order valence-electron chi connectivity index (χ0n) is 23.5. The van der Waals surface area contributed by atoms with E-state index in [2.05, 4.69) is 20.2 Å². The Balaban J connectivity index is 1.36. The summed E-state index contributed by atoms with van der Waals surface area (Å²) in [4.78, 5) is 34.5. The van der Waals surface area contributed by atoms with Gasteiger partial charge in [-0.15, -0.1) is 0 Å². The molecule has 0 atom stereocenters. The molecule has 0 spiro atoms. The first kappa shape index (κ1) is 28.1. The van der Waals surface area contributed by atoms with Crippen molar-refractivity contribution >= 4 is 11.9 Å². The molecule has 2 saturated heterocycles. The monoisotopic (exact) mass is 551 g/mol. The largest absolute Gasteiger partial charge is 0.354 e. The Labute approximate surface area is 234 Å². The van der Waals surface area contributed by atoms with Crippen LogP contribution in [0.15, 0.2) is 36.5 Å². The summed E-state index contributed by atoms with van der Waals surface area (Å²) in [6.07, 6.45) is 5.09. The molecular weight excluding hydrogens is 513 g/mol. The number of aromatic amines is 1. The molecule has 3 aromatic rings. The maximum atomic E-state index is 13.7. The highest BCUT2D eigenvalue weighted by Gasteiger charge is 2.43. The SMILES string of the molecule is CN(C)CCCNc1nccc(-c2[nH]c(C3OCC(C)(C(=O)N4CCCCC4)CO3)nc2-c2ccc(F)cc2)n1. The summed E-state index contributed by atoms with van der Waals surface area (Å²) in [6, 6.07) is 7.95. The number of ether oxygens (including phenoxy) is 2. The Kier molecular flexibility index (Phi) is 8.72. The van der Waals surface area contributed by atoms with Crippen molar-refractivity contribution in [3.05, 3.63) is 48.2 Å². The second-order valence-electron chi connectivity index (χ2n) is 11.1. The number of nitrogens with zero attached hydrogens (tertiary/aromatic N) is 5. The normalized spacial score (nSPS) is 21.5. The van der Waals surface area contributed by atoms with Crippen LogP contribution in [0.2, 0.25) is 0 Å². The molecule has 11 heteroatoms. The third kappa shape index (κ3) is 6.48. The van der Waals surface area contributed by atoms with E-state index in [1.54, 1.807) is 24.4 Å². The Morgan fingerprint density at radius 1 is 1.12 bits per heavy atom. The molecule has 0 aliphatic carbocycles. The summed E-state index contributed by atoms with van der Waals surface area (Å²) < 4.78 is 25.9. The van der Waals surface area contributed by atoms with E-state index >= 15 is 0 Å². The lowest BCUT2D eigenvalue weighted by Crippen LogP contribution is -2.51. The number of carbonyl (C=O) groups is 1. The van der Waals surface area contributed by atoms with E-state index in [9.17, 15) is 9.18 Å². The van der Waals surface area contributed by atoms with Gasteiger partial charge in [0.25, 0.3) is 0 Å². The van der Waals surface area contributed by atoms with Gasteiger partial charge in [0.1, 0.15) is 5.82 Å². The van der Waals surface area contributed by atoms with E-state index < -0.39 is 11.7 Å². The maximum Gasteiger partial charge on any atom is 0.233 e. The minimum Gasteiger partial charge on any atom is -0.354 e. The van der Waals surface area contributed by atoms with Gasteiger partial charge in [-0.2, -0.15) is 0 Å². The number of amides is 1. The van der Waals surface area contributed by atoms with Gasteiger partial charge in [-0.1, -0.05) is 0 Å². The predicted octanol–water partition coefficient (Wildman–Crippen LogP) is 4.10. The van der Waals surface area contributed by atoms with Gasteiger partial charge in [-0.05, 0) is 83.6 Å². The van der Waals surface area contributed by atoms with Crippen LogP contribution in [0.5, 0.6) is 0 Å². The smallest absolute Gasteiger partial charge is 0.233 e. The van der Waals surface area contributed by atoms with Crippen LogP contribution in [-0.2, 0) is 14.3 Å². The lowest BCUT2D eigenvalue weighted by Gasteiger charge is -2.40. The minimum atomic E-state index is -0.777. The average Bonchev–Trinajstić information content (AvgIpc) is 3.42. The van der Waals surface area contributed by atoms with E-state index in [1.165, 1.54) is 12.1 Å². The molecular formula is C29H38FN7O3. The van der Waals surface area contributed by atoms with Gasteiger partial charge < -0.3 is 29.6 Å². The van der Waals surface area contributed by atoms with Crippen LogP contribution in [0.25, 0.3) is 22.6 Å². The third-order valence-electron chi connectivity index (χ3n) is 7.31.